The highest BCUT2D eigenvalue weighted by Gasteiger charge is 2.00. The molecule has 0 aliphatic heterocycles. The molecule has 1 heterocycles. The highest BCUT2D eigenvalue weighted by atomic mass is 16.5. The van der Waals surface area contributed by atoms with Crippen molar-refractivity contribution >= 4 is 5.95 Å². The molecule has 1 N–H and O–H groups in total. The maximum absolute atomic E-state index is 4.83. The van der Waals surface area contributed by atoms with E-state index in [9.17, 15) is 0 Å². The molecule has 66 valence electrons. The Kier molecular flexibility index (Phi) is 2.79. The van der Waals surface area contributed by atoms with Gasteiger partial charge < -0.3 is 10.1 Å². The molecular formula is C7H12N4O. The third-order valence-electron chi connectivity index (χ3n) is 1.15. The Balaban J connectivity index is 2.72. The Morgan fingerprint density at radius 3 is 2.75 bits per heavy atom. The molecule has 12 heavy (non-hydrogen) atoms. The fourth-order valence-electron chi connectivity index (χ4n) is 0.707. The number of rotatable bonds is 3. The van der Waals surface area contributed by atoms with E-state index < -0.39 is 0 Å². The third kappa shape index (κ3) is 2.34. The van der Waals surface area contributed by atoms with Crippen molar-refractivity contribution in [2.45, 2.75) is 19.9 Å². The van der Waals surface area contributed by atoms with Gasteiger partial charge in [-0.05, 0) is 13.8 Å². The average Bonchev–Trinajstić information content (AvgIpc) is 2.03. The zero-order valence-electron chi connectivity index (χ0n) is 7.40. The lowest BCUT2D eigenvalue weighted by Gasteiger charge is -2.07. The molecule has 0 saturated heterocycles. The zero-order valence-corrected chi connectivity index (χ0v) is 7.40. The Hall–Kier alpha value is -1.39. The van der Waals surface area contributed by atoms with Gasteiger partial charge in [0, 0.05) is 6.04 Å². The fourth-order valence-corrected chi connectivity index (χ4v) is 0.707. The van der Waals surface area contributed by atoms with Crippen LogP contribution in [-0.4, -0.2) is 28.1 Å². The van der Waals surface area contributed by atoms with E-state index in [0.29, 0.717) is 18.0 Å². The molecule has 0 aliphatic rings. The van der Waals surface area contributed by atoms with Gasteiger partial charge in [0.25, 0.3) is 0 Å². The Morgan fingerprint density at radius 1 is 1.42 bits per heavy atom. The van der Waals surface area contributed by atoms with E-state index in [0.717, 1.165) is 0 Å². The van der Waals surface area contributed by atoms with Crippen LogP contribution >= 0.6 is 0 Å². The number of aromatic nitrogens is 3. The predicted molar refractivity (Wildman–Crippen MR) is 45.1 cm³/mol. The number of hydrogen-bond acceptors (Lipinski definition) is 5. The second-order valence-electron chi connectivity index (χ2n) is 2.59. The largest absolute Gasteiger partial charge is 0.467 e. The highest BCUT2D eigenvalue weighted by Crippen LogP contribution is 2.03. The topological polar surface area (TPSA) is 59.9 Å². The summed E-state index contributed by atoms with van der Waals surface area (Å²) in [7, 11) is 1.52. The van der Waals surface area contributed by atoms with Crippen molar-refractivity contribution in [3.8, 4) is 6.01 Å². The summed E-state index contributed by atoms with van der Waals surface area (Å²) in [5.41, 5.74) is 0. The molecule has 1 rings (SSSR count). The Morgan fingerprint density at radius 2 is 2.17 bits per heavy atom. The third-order valence-corrected chi connectivity index (χ3v) is 1.15. The van der Waals surface area contributed by atoms with Gasteiger partial charge in [0.2, 0.25) is 5.95 Å². The SMILES string of the molecule is COc1ncnc(NC(C)C)n1. The number of ether oxygens (including phenoxy) is 1. The number of anilines is 1. The maximum atomic E-state index is 4.83. The molecule has 0 radical (unpaired) electrons. The van der Waals surface area contributed by atoms with Crippen LogP contribution in [0.3, 0.4) is 0 Å². The number of nitrogens with one attached hydrogen (secondary N) is 1. The first-order valence-electron chi connectivity index (χ1n) is 3.72. The molecular weight excluding hydrogens is 156 g/mol. The van der Waals surface area contributed by atoms with Crippen LogP contribution in [0.2, 0.25) is 0 Å². The minimum atomic E-state index is 0.303. The predicted octanol–water partition coefficient (Wildman–Crippen LogP) is 0.700. The normalized spacial score (nSPS) is 10.0. The number of nitrogens with zero attached hydrogens (tertiary/aromatic N) is 3. The molecule has 0 amide bonds. The van der Waals surface area contributed by atoms with Gasteiger partial charge in [-0.25, -0.2) is 4.98 Å². The van der Waals surface area contributed by atoms with Crippen molar-refractivity contribution in [1.82, 2.24) is 15.0 Å². The van der Waals surface area contributed by atoms with Crippen LogP contribution in [0.15, 0.2) is 6.33 Å². The second-order valence-corrected chi connectivity index (χ2v) is 2.59. The molecule has 1 aromatic heterocycles. The summed E-state index contributed by atoms with van der Waals surface area (Å²) in [4.78, 5) is 11.7. The van der Waals surface area contributed by atoms with Crippen molar-refractivity contribution in [3.05, 3.63) is 6.33 Å². The van der Waals surface area contributed by atoms with Crippen molar-refractivity contribution in [1.29, 1.82) is 0 Å². The van der Waals surface area contributed by atoms with Crippen molar-refractivity contribution in [3.63, 3.8) is 0 Å². The van der Waals surface area contributed by atoms with Gasteiger partial charge in [-0.1, -0.05) is 0 Å². The quantitative estimate of drug-likeness (QED) is 0.719. The lowest BCUT2D eigenvalue weighted by Crippen LogP contribution is -2.12. The van der Waals surface area contributed by atoms with Gasteiger partial charge in [-0.15, -0.1) is 0 Å². The fraction of sp³-hybridized carbons (Fsp3) is 0.571. The zero-order chi connectivity index (χ0) is 8.97. The summed E-state index contributed by atoms with van der Waals surface area (Å²) in [6, 6.07) is 0.630. The van der Waals surface area contributed by atoms with Crippen LogP contribution in [0.4, 0.5) is 5.95 Å². The van der Waals surface area contributed by atoms with Gasteiger partial charge >= 0.3 is 6.01 Å². The summed E-state index contributed by atoms with van der Waals surface area (Å²) >= 11 is 0. The molecule has 0 spiro atoms. The van der Waals surface area contributed by atoms with E-state index in [4.69, 9.17) is 4.74 Å². The van der Waals surface area contributed by atoms with Crippen LogP contribution in [0.1, 0.15) is 13.8 Å². The maximum Gasteiger partial charge on any atom is 0.320 e. The molecule has 0 aromatic carbocycles. The lowest BCUT2D eigenvalue weighted by atomic mass is 10.4. The van der Waals surface area contributed by atoms with E-state index >= 15 is 0 Å². The lowest BCUT2D eigenvalue weighted by molar-refractivity contribution is 0.378. The second kappa shape index (κ2) is 3.85. The smallest absolute Gasteiger partial charge is 0.320 e. The minimum absolute atomic E-state index is 0.303. The molecule has 0 unspecified atom stereocenters. The molecule has 1 aromatic rings. The summed E-state index contributed by atoms with van der Waals surface area (Å²) in [6.07, 6.45) is 1.41. The van der Waals surface area contributed by atoms with Gasteiger partial charge in [0.1, 0.15) is 6.33 Å². The molecule has 0 saturated carbocycles. The first-order valence-corrected chi connectivity index (χ1v) is 3.72. The van der Waals surface area contributed by atoms with E-state index in [1.54, 1.807) is 0 Å². The number of hydrogen-bond donors (Lipinski definition) is 1. The van der Waals surface area contributed by atoms with Crippen molar-refractivity contribution < 1.29 is 4.74 Å². The first kappa shape index (κ1) is 8.70. The highest BCUT2D eigenvalue weighted by molar-refractivity contribution is 5.24. The Labute approximate surface area is 71.2 Å². The van der Waals surface area contributed by atoms with Crippen molar-refractivity contribution in [2.75, 3.05) is 12.4 Å². The molecule has 0 bridgehead atoms. The van der Waals surface area contributed by atoms with Crippen LogP contribution < -0.4 is 10.1 Å². The van der Waals surface area contributed by atoms with E-state index in [1.165, 1.54) is 13.4 Å². The van der Waals surface area contributed by atoms with E-state index in [1.807, 2.05) is 13.8 Å². The summed E-state index contributed by atoms with van der Waals surface area (Å²) in [6.45, 7) is 4.02. The number of methoxy groups -OCH3 is 1. The molecule has 5 nitrogen and oxygen atoms in total. The Bertz CT molecular complexity index is 251. The molecule has 0 aliphatic carbocycles. The van der Waals surface area contributed by atoms with Crippen molar-refractivity contribution in [2.24, 2.45) is 0 Å². The summed E-state index contributed by atoms with van der Waals surface area (Å²) in [5.74, 6) is 0.539. The van der Waals surface area contributed by atoms with Gasteiger partial charge in [0.05, 0.1) is 7.11 Å². The molecule has 0 atom stereocenters. The van der Waals surface area contributed by atoms with Gasteiger partial charge in [-0.2, -0.15) is 9.97 Å². The van der Waals surface area contributed by atoms with Crippen LogP contribution in [0, 0.1) is 0 Å². The van der Waals surface area contributed by atoms with Gasteiger partial charge in [0.15, 0.2) is 0 Å². The average molecular weight is 168 g/mol. The molecule has 5 heteroatoms. The first-order chi connectivity index (χ1) is 5.72. The van der Waals surface area contributed by atoms with Crippen LogP contribution in [0.25, 0.3) is 0 Å². The molecule has 0 fully saturated rings. The summed E-state index contributed by atoms with van der Waals surface area (Å²) in [5, 5.41) is 3.04. The van der Waals surface area contributed by atoms with Crippen LogP contribution in [-0.2, 0) is 0 Å². The monoisotopic (exact) mass is 168 g/mol. The van der Waals surface area contributed by atoms with Gasteiger partial charge in [-0.3, -0.25) is 0 Å². The summed E-state index contributed by atoms with van der Waals surface area (Å²) < 4.78 is 4.83. The van der Waals surface area contributed by atoms with Crippen LogP contribution in [0.5, 0.6) is 6.01 Å². The standard InChI is InChI=1S/C7H12N4O/c1-5(2)10-6-8-4-9-7(11-6)12-3/h4-5H,1-3H3,(H,8,9,10,11). The minimum Gasteiger partial charge on any atom is -0.467 e. The van der Waals surface area contributed by atoms with E-state index in [-0.39, 0.29) is 0 Å². The van der Waals surface area contributed by atoms with E-state index in [2.05, 4.69) is 20.3 Å².